The number of hydrogen-bond donors (Lipinski definition) is 2. The molecule has 4 heteroatoms. The Morgan fingerprint density at radius 3 is 2.81 bits per heavy atom. The van der Waals surface area contributed by atoms with Crippen LogP contribution in [0.15, 0.2) is 36.7 Å². The summed E-state index contributed by atoms with van der Waals surface area (Å²) in [6.45, 7) is 0.00899. The average Bonchev–Trinajstić information content (AvgIpc) is 2.38. The van der Waals surface area contributed by atoms with Crippen molar-refractivity contribution in [2.24, 2.45) is 0 Å². The molecular formula is C12H13N3O. The summed E-state index contributed by atoms with van der Waals surface area (Å²) in [6.07, 6.45) is 1.51. The van der Waals surface area contributed by atoms with E-state index in [9.17, 15) is 5.11 Å². The molecule has 1 aromatic carbocycles. The number of rotatable bonds is 3. The fourth-order valence-corrected chi connectivity index (χ4v) is 1.55. The van der Waals surface area contributed by atoms with Crippen molar-refractivity contribution in [2.45, 2.75) is 6.61 Å². The zero-order valence-corrected chi connectivity index (χ0v) is 9.01. The highest BCUT2D eigenvalue weighted by molar-refractivity contribution is 5.65. The fourth-order valence-electron chi connectivity index (χ4n) is 1.55. The summed E-state index contributed by atoms with van der Waals surface area (Å²) in [5, 5.41) is 12.2. The smallest absolute Gasteiger partial charge is 0.129 e. The summed E-state index contributed by atoms with van der Waals surface area (Å²) in [7, 11) is 1.81. The van der Waals surface area contributed by atoms with Crippen molar-refractivity contribution in [2.75, 3.05) is 12.4 Å². The molecule has 82 valence electrons. The number of aliphatic hydroxyl groups is 1. The van der Waals surface area contributed by atoms with Gasteiger partial charge in [-0.05, 0) is 5.56 Å². The van der Waals surface area contributed by atoms with Gasteiger partial charge >= 0.3 is 0 Å². The molecule has 0 atom stereocenters. The van der Waals surface area contributed by atoms with Crippen LogP contribution in [0.4, 0.5) is 5.82 Å². The van der Waals surface area contributed by atoms with Crippen molar-refractivity contribution in [1.29, 1.82) is 0 Å². The molecule has 2 aromatic rings. The molecule has 0 amide bonds. The van der Waals surface area contributed by atoms with Crippen molar-refractivity contribution < 1.29 is 5.11 Å². The van der Waals surface area contributed by atoms with Crippen molar-refractivity contribution in [1.82, 2.24) is 9.97 Å². The molecule has 16 heavy (non-hydrogen) atoms. The minimum absolute atomic E-state index is 0.00899. The SMILES string of the molecule is CNc1cc(-c2ccccc2CO)ncn1. The highest BCUT2D eigenvalue weighted by Gasteiger charge is 2.05. The van der Waals surface area contributed by atoms with Crippen LogP contribution >= 0.6 is 0 Å². The Kier molecular flexibility index (Phi) is 3.12. The first-order valence-electron chi connectivity index (χ1n) is 5.04. The maximum Gasteiger partial charge on any atom is 0.129 e. The van der Waals surface area contributed by atoms with Crippen molar-refractivity contribution in [3.63, 3.8) is 0 Å². The molecule has 0 aliphatic rings. The summed E-state index contributed by atoms with van der Waals surface area (Å²) in [5.74, 6) is 0.762. The average molecular weight is 215 g/mol. The van der Waals surface area contributed by atoms with Crippen LogP contribution in [0.25, 0.3) is 11.3 Å². The number of aromatic nitrogens is 2. The highest BCUT2D eigenvalue weighted by atomic mass is 16.3. The molecule has 0 saturated heterocycles. The normalized spacial score (nSPS) is 10.1. The van der Waals surface area contributed by atoms with Gasteiger partial charge in [-0.25, -0.2) is 9.97 Å². The van der Waals surface area contributed by atoms with E-state index in [0.717, 1.165) is 22.6 Å². The molecule has 0 fully saturated rings. The van der Waals surface area contributed by atoms with E-state index in [1.165, 1.54) is 6.33 Å². The Labute approximate surface area is 94.0 Å². The Hall–Kier alpha value is -1.94. The van der Waals surface area contributed by atoms with Crippen molar-refractivity contribution >= 4 is 5.82 Å². The van der Waals surface area contributed by atoms with E-state index in [2.05, 4.69) is 15.3 Å². The van der Waals surface area contributed by atoms with E-state index in [4.69, 9.17) is 0 Å². The number of hydrogen-bond acceptors (Lipinski definition) is 4. The lowest BCUT2D eigenvalue weighted by atomic mass is 10.1. The van der Waals surface area contributed by atoms with Gasteiger partial charge in [0.15, 0.2) is 0 Å². The lowest BCUT2D eigenvalue weighted by Crippen LogP contribution is -1.96. The van der Waals surface area contributed by atoms with E-state index in [1.807, 2.05) is 37.4 Å². The number of nitrogens with one attached hydrogen (secondary N) is 1. The first-order chi connectivity index (χ1) is 7.85. The van der Waals surface area contributed by atoms with Crippen LogP contribution in [0.1, 0.15) is 5.56 Å². The molecule has 0 saturated carbocycles. The predicted octanol–water partition coefficient (Wildman–Crippen LogP) is 1.68. The molecule has 0 aliphatic carbocycles. The van der Waals surface area contributed by atoms with Crippen LogP contribution in [0.2, 0.25) is 0 Å². The third kappa shape index (κ3) is 2.01. The second-order valence-electron chi connectivity index (χ2n) is 3.35. The monoisotopic (exact) mass is 215 g/mol. The maximum atomic E-state index is 9.25. The van der Waals surface area contributed by atoms with Gasteiger partial charge in [-0.15, -0.1) is 0 Å². The quantitative estimate of drug-likeness (QED) is 0.817. The van der Waals surface area contributed by atoms with E-state index < -0.39 is 0 Å². The molecule has 2 rings (SSSR count). The van der Waals surface area contributed by atoms with Crippen LogP contribution < -0.4 is 5.32 Å². The standard InChI is InChI=1S/C12H13N3O/c1-13-12-6-11(14-8-15-12)10-5-3-2-4-9(10)7-16/h2-6,8,16H,7H2,1H3,(H,13,14,15). The van der Waals surface area contributed by atoms with Crippen LogP contribution in [-0.4, -0.2) is 22.1 Å². The maximum absolute atomic E-state index is 9.25. The minimum atomic E-state index is 0.00899. The summed E-state index contributed by atoms with van der Waals surface area (Å²) in [6, 6.07) is 9.50. The van der Waals surface area contributed by atoms with Crippen LogP contribution in [-0.2, 0) is 6.61 Å². The first-order valence-corrected chi connectivity index (χ1v) is 5.04. The second-order valence-corrected chi connectivity index (χ2v) is 3.35. The van der Waals surface area contributed by atoms with Crippen LogP contribution in [0, 0.1) is 0 Å². The van der Waals surface area contributed by atoms with Crippen molar-refractivity contribution in [3.05, 3.63) is 42.2 Å². The molecule has 0 unspecified atom stereocenters. The predicted molar refractivity (Wildman–Crippen MR) is 62.9 cm³/mol. The molecule has 0 spiro atoms. The van der Waals surface area contributed by atoms with Gasteiger partial charge in [-0.1, -0.05) is 24.3 Å². The summed E-state index contributed by atoms with van der Waals surface area (Å²) >= 11 is 0. The third-order valence-corrected chi connectivity index (χ3v) is 2.39. The molecule has 1 aromatic heterocycles. The molecular weight excluding hydrogens is 202 g/mol. The van der Waals surface area contributed by atoms with Gasteiger partial charge in [0.05, 0.1) is 12.3 Å². The van der Waals surface area contributed by atoms with Gasteiger partial charge in [0, 0.05) is 18.7 Å². The third-order valence-electron chi connectivity index (χ3n) is 2.39. The number of nitrogens with zero attached hydrogens (tertiary/aromatic N) is 2. The lowest BCUT2D eigenvalue weighted by Gasteiger charge is -2.07. The Morgan fingerprint density at radius 1 is 1.25 bits per heavy atom. The van der Waals surface area contributed by atoms with Crippen LogP contribution in [0.5, 0.6) is 0 Å². The molecule has 0 bridgehead atoms. The van der Waals surface area contributed by atoms with Gasteiger partial charge < -0.3 is 10.4 Å². The summed E-state index contributed by atoms with van der Waals surface area (Å²) in [4.78, 5) is 8.26. The van der Waals surface area contributed by atoms with Gasteiger partial charge in [0.25, 0.3) is 0 Å². The second kappa shape index (κ2) is 4.72. The Morgan fingerprint density at radius 2 is 2.06 bits per heavy atom. The molecule has 4 nitrogen and oxygen atoms in total. The van der Waals surface area contributed by atoms with Gasteiger partial charge in [0.1, 0.15) is 12.1 Å². The summed E-state index contributed by atoms with van der Waals surface area (Å²) < 4.78 is 0. The summed E-state index contributed by atoms with van der Waals surface area (Å²) in [5.41, 5.74) is 2.61. The Balaban J connectivity index is 2.49. The zero-order chi connectivity index (χ0) is 11.4. The van der Waals surface area contributed by atoms with E-state index >= 15 is 0 Å². The zero-order valence-electron chi connectivity index (χ0n) is 9.01. The lowest BCUT2D eigenvalue weighted by molar-refractivity contribution is 0.282. The Bertz CT molecular complexity index is 485. The molecule has 0 aliphatic heterocycles. The van der Waals surface area contributed by atoms with Gasteiger partial charge in [-0.3, -0.25) is 0 Å². The number of anilines is 1. The number of benzene rings is 1. The van der Waals surface area contributed by atoms with Crippen molar-refractivity contribution in [3.8, 4) is 11.3 Å². The number of aliphatic hydroxyl groups excluding tert-OH is 1. The van der Waals surface area contributed by atoms with E-state index in [-0.39, 0.29) is 6.61 Å². The molecule has 1 heterocycles. The topological polar surface area (TPSA) is 58.0 Å². The molecule has 0 radical (unpaired) electrons. The van der Waals surface area contributed by atoms with Crippen LogP contribution in [0.3, 0.4) is 0 Å². The largest absolute Gasteiger partial charge is 0.392 e. The highest BCUT2D eigenvalue weighted by Crippen LogP contribution is 2.22. The fraction of sp³-hybridized carbons (Fsp3) is 0.167. The molecule has 2 N–H and O–H groups in total. The van der Waals surface area contributed by atoms with Gasteiger partial charge in [0.2, 0.25) is 0 Å². The van der Waals surface area contributed by atoms with E-state index in [1.54, 1.807) is 0 Å². The van der Waals surface area contributed by atoms with E-state index in [0.29, 0.717) is 0 Å². The first kappa shape index (κ1) is 10.6. The minimum Gasteiger partial charge on any atom is -0.392 e. The van der Waals surface area contributed by atoms with Gasteiger partial charge in [-0.2, -0.15) is 0 Å².